The molecule has 0 fully saturated rings. The maximum absolute atomic E-state index is 13.0. The molecule has 0 bridgehead atoms. The average molecular weight is 318 g/mol. The molecule has 6 heteroatoms. The van der Waals surface area contributed by atoms with E-state index in [4.69, 9.17) is 5.11 Å². The van der Waals surface area contributed by atoms with Crippen LogP contribution in [0, 0.1) is 5.82 Å². The minimum absolute atomic E-state index is 0.0165. The first kappa shape index (κ1) is 14.6. The molecule has 18 heavy (non-hydrogen) atoms. The molecule has 0 saturated carbocycles. The van der Waals surface area contributed by atoms with E-state index in [0.717, 1.165) is 0 Å². The molecule has 0 aliphatic carbocycles. The topological polar surface area (TPSA) is 66.4 Å². The molecular formula is C12H13BrFNO3. The van der Waals surface area contributed by atoms with Gasteiger partial charge in [-0.3, -0.25) is 4.79 Å². The summed E-state index contributed by atoms with van der Waals surface area (Å²) in [6.45, 7) is 1.67. The van der Waals surface area contributed by atoms with Crippen molar-refractivity contribution in [2.24, 2.45) is 0 Å². The van der Waals surface area contributed by atoms with Crippen molar-refractivity contribution in [3.63, 3.8) is 0 Å². The number of hydrogen-bond acceptors (Lipinski definition) is 2. The van der Waals surface area contributed by atoms with Crippen LogP contribution >= 0.6 is 15.9 Å². The molecule has 1 rings (SSSR count). The third-order valence-electron chi connectivity index (χ3n) is 2.39. The van der Waals surface area contributed by atoms with Gasteiger partial charge in [0.15, 0.2) is 0 Å². The summed E-state index contributed by atoms with van der Waals surface area (Å²) < 4.78 is 13.3. The Labute approximate surface area is 112 Å². The van der Waals surface area contributed by atoms with E-state index in [1.54, 1.807) is 6.92 Å². The highest BCUT2D eigenvalue weighted by Crippen LogP contribution is 2.17. The fourth-order valence-electron chi connectivity index (χ4n) is 1.42. The van der Waals surface area contributed by atoms with Gasteiger partial charge in [-0.1, -0.05) is 13.0 Å². The standard InChI is InChI=1S/C12H13BrFNO3/c1-2-10(12(17)18)15-11(16)6-7-3-4-9(14)8(13)5-7/h3-5,10H,2,6H2,1H3,(H,15,16)(H,17,18). The van der Waals surface area contributed by atoms with Gasteiger partial charge in [-0.05, 0) is 40.0 Å². The van der Waals surface area contributed by atoms with Crippen molar-refractivity contribution in [3.05, 3.63) is 34.1 Å². The molecule has 1 amide bonds. The number of aliphatic carboxylic acids is 1. The van der Waals surface area contributed by atoms with Crippen molar-refractivity contribution in [2.75, 3.05) is 0 Å². The van der Waals surface area contributed by atoms with Crippen LogP contribution in [0.2, 0.25) is 0 Å². The Bertz CT molecular complexity index is 465. The highest BCUT2D eigenvalue weighted by atomic mass is 79.9. The first-order valence-corrected chi connectivity index (χ1v) is 6.19. The van der Waals surface area contributed by atoms with E-state index in [2.05, 4.69) is 21.2 Å². The van der Waals surface area contributed by atoms with E-state index >= 15 is 0 Å². The predicted octanol–water partition coefficient (Wildman–Crippen LogP) is 2.11. The molecule has 0 saturated heterocycles. The number of carbonyl (C=O) groups excluding carboxylic acids is 1. The smallest absolute Gasteiger partial charge is 0.326 e. The second kappa shape index (κ2) is 6.49. The highest BCUT2D eigenvalue weighted by Gasteiger charge is 2.17. The zero-order chi connectivity index (χ0) is 13.7. The van der Waals surface area contributed by atoms with Crippen LogP contribution in [-0.2, 0) is 16.0 Å². The van der Waals surface area contributed by atoms with E-state index in [0.29, 0.717) is 12.0 Å². The maximum atomic E-state index is 13.0. The van der Waals surface area contributed by atoms with Crippen LogP contribution in [0.1, 0.15) is 18.9 Å². The molecule has 0 heterocycles. The number of rotatable bonds is 5. The van der Waals surface area contributed by atoms with Crippen molar-refractivity contribution in [2.45, 2.75) is 25.8 Å². The molecule has 0 aromatic heterocycles. The predicted molar refractivity (Wildman–Crippen MR) is 67.7 cm³/mol. The number of hydrogen-bond donors (Lipinski definition) is 2. The summed E-state index contributed by atoms with van der Waals surface area (Å²) in [4.78, 5) is 22.3. The molecule has 1 atom stereocenters. The fourth-order valence-corrected chi connectivity index (χ4v) is 1.84. The SMILES string of the molecule is CCC(NC(=O)Cc1ccc(F)c(Br)c1)C(=O)O. The van der Waals surface area contributed by atoms with Crippen molar-refractivity contribution < 1.29 is 19.1 Å². The number of carboxylic acid groups (broad SMARTS) is 1. The summed E-state index contributed by atoms with van der Waals surface area (Å²) in [5, 5.41) is 11.2. The van der Waals surface area contributed by atoms with E-state index in [9.17, 15) is 14.0 Å². The monoisotopic (exact) mass is 317 g/mol. The lowest BCUT2D eigenvalue weighted by atomic mass is 10.1. The zero-order valence-electron chi connectivity index (χ0n) is 9.74. The summed E-state index contributed by atoms with van der Waals surface area (Å²) in [5.74, 6) is -1.87. The van der Waals surface area contributed by atoms with Crippen LogP contribution in [0.5, 0.6) is 0 Å². The second-order valence-electron chi connectivity index (χ2n) is 3.79. The minimum atomic E-state index is -1.06. The van der Waals surface area contributed by atoms with Crippen molar-refractivity contribution >= 4 is 27.8 Å². The van der Waals surface area contributed by atoms with Gasteiger partial charge in [-0.25, -0.2) is 9.18 Å². The highest BCUT2D eigenvalue weighted by molar-refractivity contribution is 9.10. The summed E-state index contributed by atoms with van der Waals surface area (Å²) in [6, 6.07) is 3.35. The Hall–Kier alpha value is -1.43. The fraction of sp³-hybridized carbons (Fsp3) is 0.333. The van der Waals surface area contributed by atoms with Crippen molar-refractivity contribution in [1.29, 1.82) is 0 Å². The summed E-state index contributed by atoms with van der Waals surface area (Å²) in [7, 11) is 0. The summed E-state index contributed by atoms with van der Waals surface area (Å²) >= 11 is 3.02. The Morgan fingerprint density at radius 1 is 1.50 bits per heavy atom. The average Bonchev–Trinajstić information content (AvgIpc) is 2.30. The maximum Gasteiger partial charge on any atom is 0.326 e. The summed E-state index contributed by atoms with van der Waals surface area (Å²) in [5.41, 5.74) is 0.612. The van der Waals surface area contributed by atoms with Crippen LogP contribution in [0.25, 0.3) is 0 Å². The molecule has 0 radical (unpaired) electrons. The zero-order valence-corrected chi connectivity index (χ0v) is 11.3. The number of halogens is 2. The Kier molecular flexibility index (Phi) is 5.27. The lowest BCUT2D eigenvalue weighted by Gasteiger charge is -2.12. The van der Waals surface area contributed by atoms with Crippen LogP contribution in [-0.4, -0.2) is 23.0 Å². The van der Waals surface area contributed by atoms with Gasteiger partial charge >= 0.3 is 5.97 Å². The van der Waals surface area contributed by atoms with Gasteiger partial charge in [0.05, 0.1) is 10.9 Å². The molecule has 1 aromatic carbocycles. The first-order valence-electron chi connectivity index (χ1n) is 5.40. The molecule has 0 aliphatic heterocycles. The van der Waals surface area contributed by atoms with Gasteiger partial charge < -0.3 is 10.4 Å². The minimum Gasteiger partial charge on any atom is -0.480 e. The third-order valence-corrected chi connectivity index (χ3v) is 3.00. The second-order valence-corrected chi connectivity index (χ2v) is 4.65. The van der Waals surface area contributed by atoms with Crippen molar-refractivity contribution in [1.82, 2.24) is 5.32 Å². The number of benzene rings is 1. The van der Waals surface area contributed by atoms with E-state index in [1.165, 1.54) is 18.2 Å². The largest absolute Gasteiger partial charge is 0.480 e. The molecule has 1 unspecified atom stereocenters. The number of carbonyl (C=O) groups is 2. The van der Waals surface area contributed by atoms with Gasteiger partial charge in [0.2, 0.25) is 5.91 Å². The van der Waals surface area contributed by atoms with E-state index in [-0.39, 0.29) is 10.9 Å². The number of nitrogens with one attached hydrogen (secondary N) is 1. The molecule has 4 nitrogen and oxygen atoms in total. The molecule has 0 spiro atoms. The van der Waals surface area contributed by atoms with Crippen LogP contribution in [0.15, 0.2) is 22.7 Å². The number of amides is 1. The van der Waals surface area contributed by atoms with Gasteiger partial charge in [-0.2, -0.15) is 0 Å². The van der Waals surface area contributed by atoms with Crippen LogP contribution in [0.3, 0.4) is 0 Å². The molecule has 1 aromatic rings. The van der Waals surface area contributed by atoms with Crippen molar-refractivity contribution in [3.8, 4) is 0 Å². The van der Waals surface area contributed by atoms with Gasteiger partial charge in [0.1, 0.15) is 11.9 Å². The Balaban J connectivity index is 2.64. The quantitative estimate of drug-likeness (QED) is 0.874. The third kappa shape index (κ3) is 4.10. The van der Waals surface area contributed by atoms with E-state index < -0.39 is 23.7 Å². The normalized spacial score (nSPS) is 11.9. The van der Waals surface area contributed by atoms with Gasteiger partial charge in [-0.15, -0.1) is 0 Å². The molecule has 0 aliphatic rings. The van der Waals surface area contributed by atoms with Crippen LogP contribution in [0.4, 0.5) is 4.39 Å². The lowest BCUT2D eigenvalue weighted by molar-refractivity contribution is -0.141. The number of carboxylic acids is 1. The lowest BCUT2D eigenvalue weighted by Crippen LogP contribution is -2.40. The first-order chi connectivity index (χ1) is 8.43. The van der Waals surface area contributed by atoms with Gasteiger partial charge in [0, 0.05) is 0 Å². The Morgan fingerprint density at radius 2 is 2.17 bits per heavy atom. The molecule has 2 N–H and O–H groups in total. The van der Waals surface area contributed by atoms with E-state index in [1.807, 2.05) is 0 Å². The summed E-state index contributed by atoms with van der Waals surface area (Å²) in [6.07, 6.45) is 0.330. The van der Waals surface area contributed by atoms with Gasteiger partial charge in [0.25, 0.3) is 0 Å². The molecular weight excluding hydrogens is 305 g/mol. The van der Waals surface area contributed by atoms with Crippen LogP contribution < -0.4 is 5.32 Å². The Morgan fingerprint density at radius 3 is 2.67 bits per heavy atom. The molecule has 98 valence electrons.